The number of hydrogen-bond donors (Lipinski definition) is 2. The molecule has 21 heavy (non-hydrogen) atoms. The van der Waals surface area contributed by atoms with Crippen LogP contribution in [0.5, 0.6) is 0 Å². The van der Waals surface area contributed by atoms with Crippen LogP contribution in [-0.4, -0.2) is 28.8 Å². The van der Waals surface area contributed by atoms with E-state index in [2.05, 4.69) is 10.4 Å². The summed E-state index contributed by atoms with van der Waals surface area (Å²) in [5.74, 6) is -0.143. The molecule has 0 aliphatic rings. The van der Waals surface area contributed by atoms with Gasteiger partial charge in [-0.05, 0) is 25.5 Å². The number of carbonyl (C=O) groups excluding carboxylic acids is 1. The minimum atomic E-state index is -0.143. The Morgan fingerprint density at radius 1 is 1.38 bits per heavy atom. The monoisotopic (exact) mass is 306 g/mol. The highest BCUT2D eigenvalue weighted by atomic mass is 35.5. The predicted octanol–water partition coefficient (Wildman–Crippen LogP) is 2.21. The zero-order chi connectivity index (χ0) is 15.2. The molecule has 6 heteroatoms. The second-order valence-electron chi connectivity index (χ2n) is 4.80. The Balaban J connectivity index is 2.21. The van der Waals surface area contributed by atoms with Gasteiger partial charge in [-0.15, -0.1) is 0 Å². The van der Waals surface area contributed by atoms with Gasteiger partial charge >= 0.3 is 0 Å². The lowest BCUT2D eigenvalue weighted by atomic mass is 10.1. The van der Waals surface area contributed by atoms with E-state index in [1.54, 1.807) is 24.0 Å². The fraction of sp³-hybridized carbons (Fsp3) is 0.333. The molecule has 112 valence electrons. The van der Waals surface area contributed by atoms with E-state index in [0.29, 0.717) is 29.4 Å². The maximum absolute atomic E-state index is 12.3. The molecular weight excluding hydrogens is 288 g/mol. The van der Waals surface area contributed by atoms with E-state index in [9.17, 15) is 4.79 Å². The molecule has 2 rings (SSSR count). The Morgan fingerprint density at radius 2 is 2.14 bits per heavy atom. The first-order chi connectivity index (χ1) is 10.1. The minimum Gasteiger partial charge on any atom is -0.352 e. The largest absolute Gasteiger partial charge is 0.352 e. The lowest BCUT2D eigenvalue weighted by Crippen LogP contribution is -2.25. The van der Waals surface area contributed by atoms with E-state index in [-0.39, 0.29) is 5.91 Å². The van der Waals surface area contributed by atoms with Crippen molar-refractivity contribution in [3.8, 4) is 11.3 Å². The molecule has 1 aromatic heterocycles. The number of nitrogens with two attached hydrogens (primary N) is 1. The van der Waals surface area contributed by atoms with Gasteiger partial charge in [0.1, 0.15) is 5.69 Å². The summed E-state index contributed by atoms with van der Waals surface area (Å²) in [5.41, 5.74) is 7.32. The molecule has 0 saturated heterocycles. The Labute approximate surface area is 129 Å². The molecule has 0 bridgehead atoms. The first kappa shape index (κ1) is 15.5. The number of aromatic nitrogens is 2. The molecule has 1 heterocycles. The maximum atomic E-state index is 12.3. The first-order valence-electron chi connectivity index (χ1n) is 6.90. The van der Waals surface area contributed by atoms with Crippen molar-refractivity contribution in [1.29, 1.82) is 0 Å². The van der Waals surface area contributed by atoms with Crippen molar-refractivity contribution in [1.82, 2.24) is 15.1 Å². The Morgan fingerprint density at radius 3 is 2.86 bits per heavy atom. The van der Waals surface area contributed by atoms with Crippen molar-refractivity contribution in [2.45, 2.75) is 12.8 Å². The van der Waals surface area contributed by atoms with Crippen LogP contribution in [0.2, 0.25) is 5.02 Å². The molecular formula is C15H19ClN4O. The summed E-state index contributed by atoms with van der Waals surface area (Å²) in [6.45, 7) is 1.24. The maximum Gasteiger partial charge on any atom is 0.255 e. The van der Waals surface area contributed by atoms with Crippen molar-refractivity contribution < 1.29 is 4.79 Å². The van der Waals surface area contributed by atoms with E-state index in [1.165, 1.54) is 0 Å². The topological polar surface area (TPSA) is 72.9 Å². The number of aryl methyl sites for hydroxylation is 1. The summed E-state index contributed by atoms with van der Waals surface area (Å²) < 4.78 is 1.62. The number of rotatable bonds is 6. The molecule has 0 aliphatic heterocycles. The third-order valence-corrected chi connectivity index (χ3v) is 3.45. The molecule has 0 aliphatic carbocycles. The lowest BCUT2D eigenvalue weighted by molar-refractivity contribution is 0.0953. The number of nitrogens with zero attached hydrogens (tertiary/aromatic N) is 2. The Bertz CT molecular complexity index is 624. The normalized spacial score (nSPS) is 10.6. The van der Waals surface area contributed by atoms with E-state index < -0.39 is 0 Å². The van der Waals surface area contributed by atoms with Gasteiger partial charge in [0.25, 0.3) is 5.91 Å². The summed E-state index contributed by atoms with van der Waals surface area (Å²) in [5, 5.41) is 7.82. The Kier molecular flexibility index (Phi) is 5.36. The molecule has 5 nitrogen and oxygen atoms in total. The zero-order valence-corrected chi connectivity index (χ0v) is 12.7. The van der Waals surface area contributed by atoms with Crippen molar-refractivity contribution >= 4 is 17.5 Å². The summed E-state index contributed by atoms with van der Waals surface area (Å²) in [6, 6.07) is 7.37. The highest BCUT2D eigenvalue weighted by Crippen LogP contribution is 2.28. The Hall–Kier alpha value is -1.85. The van der Waals surface area contributed by atoms with Gasteiger partial charge in [-0.3, -0.25) is 9.48 Å². The van der Waals surface area contributed by atoms with Crippen molar-refractivity contribution in [2.24, 2.45) is 12.8 Å². The lowest BCUT2D eigenvalue weighted by Gasteiger charge is -2.06. The number of amides is 1. The average molecular weight is 307 g/mol. The fourth-order valence-corrected chi connectivity index (χ4v) is 2.30. The van der Waals surface area contributed by atoms with Crippen LogP contribution in [0.1, 0.15) is 23.2 Å². The van der Waals surface area contributed by atoms with Crippen LogP contribution in [0.25, 0.3) is 11.3 Å². The van der Waals surface area contributed by atoms with E-state index in [4.69, 9.17) is 17.3 Å². The molecule has 1 amide bonds. The van der Waals surface area contributed by atoms with Crippen molar-refractivity contribution in [3.63, 3.8) is 0 Å². The molecule has 0 saturated carbocycles. The highest BCUT2D eigenvalue weighted by molar-refractivity contribution is 6.33. The summed E-state index contributed by atoms with van der Waals surface area (Å²) in [4.78, 5) is 12.3. The van der Waals surface area contributed by atoms with Crippen LogP contribution < -0.4 is 11.1 Å². The number of benzene rings is 1. The van der Waals surface area contributed by atoms with Gasteiger partial charge in [-0.1, -0.05) is 29.8 Å². The van der Waals surface area contributed by atoms with Crippen LogP contribution in [-0.2, 0) is 7.05 Å². The first-order valence-corrected chi connectivity index (χ1v) is 7.28. The number of nitrogens with one attached hydrogen (secondary N) is 1. The van der Waals surface area contributed by atoms with Gasteiger partial charge in [0.2, 0.25) is 0 Å². The van der Waals surface area contributed by atoms with Gasteiger partial charge < -0.3 is 11.1 Å². The minimum absolute atomic E-state index is 0.143. The summed E-state index contributed by atoms with van der Waals surface area (Å²) in [7, 11) is 1.78. The van der Waals surface area contributed by atoms with E-state index >= 15 is 0 Å². The van der Waals surface area contributed by atoms with Gasteiger partial charge in [-0.2, -0.15) is 5.10 Å². The standard InChI is InChI=1S/C15H19ClN4O/c1-20-10-12(15(21)18-9-5-4-8-17)14(19-20)11-6-2-3-7-13(11)16/h2-3,6-7,10H,4-5,8-9,17H2,1H3,(H,18,21). The van der Waals surface area contributed by atoms with Crippen LogP contribution in [0.4, 0.5) is 0 Å². The van der Waals surface area contributed by atoms with E-state index in [1.807, 2.05) is 18.2 Å². The average Bonchev–Trinajstić information content (AvgIpc) is 2.86. The summed E-state index contributed by atoms with van der Waals surface area (Å²) >= 11 is 6.20. The molecule has 1 aromatic carbocycles. The van der Waals surface area contributed by atoms with Gasteiger partial charge in [-0.25, -0.2) is 0 Å². The van der Waals surface area contributed by atoms with Crippen molar-refractivity contribution in [3.05, 3.63) is 41.0 Å². The van der Waals surface area contributed by atoms with Gasteiger partial charge in [0.15, 0.2) is 0 Å². The van der Waals surface area contributed by atoms with E-state index in [0.717, 1.165) is 18.4 Å². The summed E-state index contributed by atoms with van der Waals surface area (Å²) in [6.07, 6.45) is 3.46. The molecule has 0 fully saturated rings. The third kappa shape index (κ3) is 3.83. The number of halogens is 1. The number of hydrogen-bond acceptors (Lipinski definition) is 3. The number of carbonyl (C=O) groups is 1. The quantitative estimate of drug-likeness (QED) is 0.804. The molecule has 0 radical (unpaired) electrons. The third-order valence-electron chi connectivity index (χ3n) is 3.12. The highest BCUT2D eigenvalue weighted by Gasteiger charge is 2.18. The molecule has 2 aromatic rings. The van der Waals surface area contributed by atoms with Crippen LogP contribution in [0, 0.1) is 0 Å². The second kappa shape index (κ2) is 7.24. The van der Waals surface area contributed by atoms with Gasteiger partial charge in [0.05, 0.1) is 10.6 Å². The SMILES string of the molecule is Cn1cc(C(=O)NCCCCN)c(-c2ccccc2Cl)n1. The fourth-order valence-electron chi connectivity index (χ4n) is 2.07. The smallest absolute Gasteiger partial charge is 0.255 e. The molecule has 0 atom stereocenters. The molecule has 0 unspecified atom stereocenters. The van der Waals surface area contributed by atoms with Crippen molar-refractivity contribution in [2.75, 3.05) is 13.1 Å². The molecule has 0 spiro atoms. The van der Waals surface area contributed by atoms with Crippen LogP contribution in [0.15, 0.2) is 30.5 Å². The van der Waals surface area contributed by atoms with Gasteiger partial charge in [0, 0.05) is 25.4 Å². The van der Waals surface area contributed by atoms with Crippen LogP contribution in [0.3, 0.4) is 0 Å². The zero-order valence-electron chi connectivity index (χ0n) is 12.0. The predicted molar refractivity (Wildman–Crippen MR) is 84.3 cm³/mol. The van der Waals surface area contributed by atoms with Crippen LogP contribution >= 0.6 is 11.6 Å². The number of unbranched alkanes of at least 4 members (excludes halogenated alkanes) is 1. The molecule has 3 N–H and O–H groups in total. The second-order valence-corrected chi connectivity index (χ2v) is 5.20.